The first-order valence-electron chi connectivity index (χ1n) is 8.71. The molecule has 0 radical (unpaired) electrons. The van der Waals surface area contributed by atoms with Crippen molar-refractivity contribution in [2.75, 3.05) is 5.32 Å². The van der Waals surface area contributed by atoms with Crippen molar-refractivity contribution in [3.05, 3.63) is 63.6 Å². The van der Waals surface area contributed by atoms with Crippen molar-refractivity contribution in [2.24, 2.45) is 0 Å². The van der Waals surface area contributed by atoms with Gasteiger partial charge >= 0.3 is 0 Å². The van der Waals surface area contributed by atoms with Crippen LogP contribution >= 0.6 is 23.2 Å². The van der Waals surface area contributed by atoms with E-state index < -0.39 is 0 Å². The van der Waals surface area contributed by atoms with E-state index >= 15 is 0 Å². The third-order valence-electron chi connectivity index (χ3n) is 4.54. The van der Waals surface area contributed by atoms with E-state index in [2.05, 4.69) is 10.6 Å². The lowest BCUT2D eigenvalue weighted by Gasteiger charge is -2.23. The molecule has 0 aromatic heterocycles. The van der Waals surface area contributed by atoms with Gasteiger partial charge in [0.1, 0.15) is 0 Å². The van der Waals surface area contributed by atoms with Crippen LogP contribution in [0.1, 0.15) is 52.8 Å². The number of halogens is 2. The summed E-state index contributed by atoms with van der Waals surface area (Å²) < 4.78 is 0. The molecule has 0 heterocycles. The zero-order valence-electron chi connectivity index (χ0n) is 14.2. The fourth-order valence-corrected chi connectivity index (χ4v) is 3.43. The second kappa shape index (κ2) is 8.56. The van der Waals surface area contributed by atoms with Gasteiger partial charge in [0.2, 0.25) is 0 Å². The van der Waals surface area contributed by atoms with Gasteiger partial charge in [0, 0.05) is 11.6 Å². The molecule has 0 aliphatic heterocycles. The summed E-state index contributed by atoms with van der Waals surface area (Å²) in [7, 11) is 0. The van der Waals surface area contributed by atoms with Crippen molar-refractivity contribution in [3.8, 4) is 0 Å². The van der Waals surface area contributed by atoms with Crippen molar-refractivity contribution in [1.29, 1.82) is 0 Å². The number of anilines is 1. The number of carbonyl (C=O) groups excluding carboxylic acids is 2. The van der Waals surface area contributed by atoms with Gasteiger partial charge in [0.05, 0.1) is 21.3 Å². The Labute approximate surface area is 162 Å². The van der Waals surface area contributed by atoms with E-state index in [1.165, 1.54) is 12.5 Å². The summed E-state index contributed by atoms with van der Waals surface area (Å²) in [4.78, 5) is 25.1. The number of benzene rings is 2. The highest BCUT2D eigenvalue weighted by atomic mass is 35.5. The maximum atomic E-state index is 12.6. The monoisotopic (exact) mass is 390 g/mol. The molecule has 2 aromatic carbocycles. The SMILES string of the molecule is O=C(Nc1ccccc1C(=O)NC1CCCCC1)c1ccc(Cl)c(Cl)c1. The van der Waals surface area contributed by atoms with Crippen molar-refractivity contribution >= 4 is 40.7 Å². The van der Waals surface area contributed by atoms with E-state index in [4.69, 9.17) is 23.2 Å². The van der Waals surface area contributed by atoms with E-state index in [-0.39, 0.29) is 17.9 Å². The van der Waals surface area contributed by atoms with Gasteiger partial charge in [0.15, 0.2) is 0 Å². The van der Waals surface area contributed by atoms with Gasteiger partial charge in [-0.3, -0.25) is 9.59 Å². The highest BCUT2D eigenvalue weighted by Gasteiger charge is 2.19. The fraction of sp³-hybridized carbons (Fsp3) is 0.300. The number of amides is 2. The van der Waals surface area contributed by atoms with Gasteiger partial charge in [-0.2, -0.15) is 0 Å². The largest absolute Gasteiger partial charge is 0.349 e. The Morgan fingerprint density at radius 3 is 2.35 bits per heavy atom. The van der Waals surface area contributed by atoms with Crippen LogP contribution < -0.4 is 10.6 Å². The molecule has 136 valence electrons. The van der Waals surface area contributed by atoms with E-state index in [0.29, 0.717) is 26.9 Å². The standard InChI is InChI=1S/C20H20Cl2N2O2/c21-16-11-10-13(12-17(16)22)19(25)24-18-9-5-4-8-15(18)20(26)23-14-6-2-1-3-7-14/h4-5,8-12,14H,1-3,6-7H2,(H,23,26)(H,24,25). The topological polar surface area (TPSA) is 58.2 Å². The highest BCUT2D eigenvalue weighted by Crippen LogP contribution is 2.24. The third-order valence-corrected chi connectivity index (χ3v) is 5.28. The molecular formula is C20H20Cl2N2O2. The Morgan fingerprint density at radius 1 is 0.885 bits per heavy atom. The zero-order chi connectivity index (χ0) is 18.5. The molecule has 2 amide bonds. The van der Waals surface area contributed by atoms with Gasteiger partial charge in [0.25, 0.3) is 11.8 Å². The normalized spacial score (nSPS) is 14.7. The smallest absolute Gasteiger partial charge is 0.255 e. The van der Waals surface area contributed by atoms with Crippen molar-refractivity contribution in [2.45, 2.75) is 38.1 Å². The number of nitrogens with one attached hydrogen (secondary N) is 2. The summed E-state index contributed by atoms with van der Waals surface area (Å²) >= 11 is 11.9. The maximum absolute atomic E-state index is 12.6. The quantitative estimate of drug-likeness (QED) is 0.742. The predicted octanol–water partition coefficient (Wildman–Crippen LogP) is 5.31. The first-order chi connectivity index (χ1) is 12.5. The molecule has 3 rings (SSSR count). The summed E-state index contributed by atoms with van der Waals surface area (Å²) in [6.07, 6.45) is 5.51. The van der Waals surface area contributed by atoms with Crippen LogP contribution in [0.5, 0.6) is 0 Å². The maximum Gasteiger partial charge on any atom is 0.255 e. The van der Waals surface area contributed by atoms with Crippen LogP contribution in [-0.2, 0) is 0 Å². The summed E-state index contributed by atoms with van der Waals surface area (Å²) in [5.41, 5.74) is 1.30. The molecule has 0 saturated heterocycles. The highest BCUT2D eigenvalue weighted by molar-refractivity contribution is 6.42. The Balaban J connectivity index is 1.74. The minimum absolute atomic E-state index is 0.165. The minimum Gasteiger partial charge on any atom is -0.349 e. The molecule has 2 N–H and O–H groups in total. The Kier molecular flexibility index (Phi) is 6.17. The molecule has 6 heteroatoms. The molecule has 4 nitrogen and oxygen atoms in total. The summed E-state index contributed by atoms with van der Waals surface area (Å²) in [6, 6.07) is 11.9. The number of carbonyl (C=O) groups is 2. The molecule has 26 heavy (non-hydrogen) atoms. The average Bonchev–Trinajstić information content (AvgIpc) is 2.65. The van der Waals surface area contributed by atoms with E-state index in [9.17, 15) is 9.59 Å². The van der Waals surface area contributed by atoms with Gasteiger partial charge in [-0.15, -0.1) is 0 Å². The van der Waals surface area contributed by atoms with Crippen LogP contribution in [0.25, 0.3) is 0 Å². The van der Waals surface area contributed by atoms with Crippen LogP contribution in [0, 0.1) is 0 Å². The summed E-state index contributed by atoms with van der Waals surface area (Å²) in [5.74, 6) is -0.511. The van der Waals surface area contributed by atoms with E-state index in [1.807, 2.05) is 0 Å². The summed E-state index contributed by atoms with van der Waals surface area (Å²) in [5, 5.41) is 6.56. The lowest BCUT2D eigenvalue weighted by Crippen LogP contribution is -2.36. The van der Waals surface area contributed by atoms with Gasteiger partial charge in [-0.25, -0.2) is 0 Å². The molecule has 2 aromatic rings. The number of hydrogen-bond donors (Lipinski definition) is 2. The lowest BCUT2D eigenvalue weighted by atomic mass is 9.95. The van der Waals surface area contributed by atoms with Crippen molar-refractivity contribution in [3.63, 3.8) is 0 Å². The van der Waals surface area contributed by atoms with Gasteiger partial charge in [-0.05, 0) is 43.2 Å². The predicted molar refractivity (Wildman–Crippen MR) is 105 cm³/mol. The molecule has 1 fully saturated rings. The van der Waals surface area contributed by atoms with Crippen LogP contribution in [0.4, 0.5) is 5.69 Å². The van der Waals surface area contributed by atoms with E-state index in [0.717, 1.165) is 25.7 Å². The molecule has 0 atom stereocenters. The van der Waals surface area contributed by atoms with Crippen LogP contribution in [0.3, 0.4) is 0 Å². The first-order valence-corrected chi connectivity index (χ1v) is 9.46. The Morgan fingerprint density at radius 2 is 1.62 bits per heavy atom. The van der Waals surface area contributed by atoms with Crippen LogP contribution in [0.2, 0.25) is 10.0 Å². The van der Waals surface area contributed by atoms with Crippen molar-refractivity contribution in [1.82, 2.24) is 5.32 Å². The lowest BCUT2D eigenvalue weighted by molar-refractivity contribution is 0.0928. The van der Waals surface area contributed by atoms with E-state index in [1.54, 1.807) is 36.4 Å². The number of para-hydroxylation sites is 1. The number of rotatable bonds is 4. The first kappa shape index (κ1) is 18.7. The average molecular weight is 391 g/mol. The molecular weight excluding hydrogens is 371 g/mol. The minimum atomic E-state index is -0.346. The second-order valence-electron chi connectivity index (χ2n) is 6.44. The second-order valence-corrected chi connectivity index (χ2v) is 7.25. The Bertz CT molecular complexity index is 817. The van der Waals surface area contributed by atoms with Gasteiger partial charge in [-0.1, -0.05) is 54.6 Å². The summed E-state index contributed by atoms with van der Waals surface area (Å²) in [6.45, 7) is 0. The molecule has 0 bridgehead atoms. The third kappa shape index (κ3) is 4.57. The molecule has 1 aliphatic rings. The Hall–Kier alpha value is -2.04. The molecule has 1 aliphatic carbocycles. The zero-order valence-corrected chi connectivity index (χ0v) is 15.7. The van der Waals surface area contributed by atoms with Gasteiger partial charge < -0.3 is 10.6 Å². The molecule has 0 unspecified atom stereocenters. The fourth-order valence-electron chi connectivity index (χ4n) is 3.13. The van der Waals surface area contributed by atoms with Crippen LogP contribution in [-0.4, -0.2) is 17.9 Å². The number of hydrogen-bond acceptors (Lipinski definition) is 2. The molecule has 0 spiro atoms. The molecule has 1 saturated carbocycles. The van der Waals surface area contributed by atoms with Crippen LogP contribution in [0.15, 0.2) is 42.5 Å². The van der Waals surface area contributed by atoms with Crippen molar-refractivity contribution < 1.29 is 9.59 Å².